The predicted molar refractivity (Wildman–Crippen MR) is 102 cm³/mol. The number of benzene rings is 3. The van der Waals surface area contributed by atoms with Crippen molar-refractivity contribution in [3.8, 4) is 11.1 Å². The summed E-state index contributed by atoms with van der Waals surface area (Å²) in [5, 5.41) is 0.323. The molecule has 3 aromatic rings. The fourth-order valence-corrected chi connectivity index (χ4v) is 3.83. The molecule has 3 aromatic carbocycles. The van der Waals surface area contributed by atoms with Crippen LogP contribution < -0.4 is 5.73 Å². The predicted octanol–water partition coefficient (Wildman–Crippen LogP) is 6.32. The van der Waals surface area contributed by atoms with Crippen LogP contribution in [0.5, 0.6) is 0 Å². The van der Waals surface area contributed by atoms with Gasteiger partial charge in [-0.2, -0.15) is 0 Å². The average molecular weight is 337 g/mol. The Bertz CT molecular complexity index is 814. The number of anilines is 1. The van der Waals surface area contributed by atoms with Gasteiger partial charge >= 0.3 is 0 Å². The molecule has 3 rings (SSSR count). The molecule has 0 amide bonds. The van der Waals surface area contributed by atoms with Crippen LogP contribution in [-0.4, -0.2) is 0 Å². The number of halogens is 1. The van der Waals surface area contributed by atoms with Gasteiger partial charge in [0.05, 0.1) is 0 Å². The van der Waals surface area contributed by atoms with Crippen LogP contribution in [0.15, 0.2) is 77.7 Å². The molecule has 3 heteroatoms. The van der Waals surface area contributed by atoms with E-state index in [1.807, 2.05) is 36.4 Å². The summed E-state index contributed by atoms with van der Waals surface area (Å²) >= 11 is 1.77. The zero-order valence-electron chi connectivity index (χ0n) is 13.6. The van der Waals surface area contributed by atoms with Crippen molar-refractivity contribution in [2.24, 2.45) is 0 Å². The van der Waals surface area contributed by atoms with Crippen LogP contribution in [-0.2, 0) is 0 Å². The molecule has 1 nitrogen and oxygen atoms in total. The number of hydrogen-bond donors (Lipinski definition) is 1. The van der Waals surface area contributed by atoms with E-state index in [9.17, 15) is 4.39 Å². The molecule has 122 valence electrons. The summed E-state index contributed by atoms with van der Waals surface area (Å²) in [5.74, 6) is -0.191. The lowest BCUT2D eigenvalue weighted by Gasteiger charge is -2.17. The van der Waals surface area contributed by atoms with Crippen molar-refractivity contribution in [3.05, 3.63) is 84.2 Å². The lowest BCUT2D eigenvalue weighted by Crippen LogP contribution is -1.95. The molecule has 0 bridgehead atoms. The Labute approximate surface area is 146 Å². The zero-order valence-corrected chi connectivity index (χ0v) is 14.4. The topological polar surface area (TPSA) is 26.0 Å². The standard InChI is InChI=1S/C21H20FNS/c1-2-20(24-21-10-6-5-9-19(21)23)16-13-11-15(12-14-16)17-7-3-4-8-18(17)22/h3-14,20H,2,23H2,1H3/t20-/m0/s1. The maximum Gasteiger partial charge on any atom is 0.131 e. The smallest absolute Gasteiger partial charge is 0.131 e. The molecule has 24 heavy (non-hydrogen) atoms. The summed E-state index contributed by atoms with van der Waals surface area (Å²) in [4.78, 5) is 1.10. The van der Waals surface area contributed by atoms with Gasteiger partial charge in [0.25, 0.3) is 0 Å². The fraction of sp³-hybridized carbons (Fsp3) is 0.143. The van der Waals surface area contributed by atoms with E-state index < -0.39 is 0 Å². The van der Waals surface area contributed by atoms with E-state index >= 15 is 0 Å². The first-order chi connectivity index (χ1) is 11.7. The molecule has 2 N–H and O–H groups in total. The van der Waals surface area contributed by atoms with Gasteiger partial charge in [-0.3, -0.25) is 0 Å². The number of para-hydroxylation sites is 1. The Morgan fingerprint density at radius 1 is 0.917 bits per heavy atom. The minimum Gasteiger partial charge on any atom is -0.398 e. The maximum absolute atomic E-state index is 13.9. The molecule has 0 unspecified atom stereocenters. The third-order valence-corrected chi connectivity index (χ3v) is 5.54. The molecule has 0 saturated heterocycles. The summed E-state index contributed by atoms with van der Waals surface area (Å²) in [7, 11) is 0. The molecule has 0 radical (unpaired) electrons. The van der Waals surface area contributed by atoms with Crippen LogP contribution in [0.2, 0.25) is 0 Å². The number of thioether (sulfide) groups is 1. The second kappa shape index (κ2) is 7.54. The molecule has 0 fully saturated rings. The van der Waals surface area contributed by atoms with Gasteiger partial charge in [0, 0.05) is 21.4 Å². The van der Waals surface area contributed by atoms with Crippen molar-refractivity contribution >= 4 is 17.4 Å². The first-order valence-electron chi connectivity index (χ1n) is 8.05. The highest BCUT2D eigenvalue weighted by Gasteiger charge is 2.13. The Balaban J connectivity index is 1.83. The van der Waals surface area contributed by atoms with E-state index in [0.717, 1.165) is 22.6 Å². The van der Waals surface area contributed by atoms with Crippen molar-refractivity contribution in [3.63, 3.8) is 0 Å². The summed E-state index contributed by atoms with van der Waals surface area (Å²) in [6.45, 7) is 2.17. The second-order valence-corrected chi connectivity index (χ2v) is 6.90. The van der Waals surface area contributed by atoms with Gasteiger partial charge in [-0.05, 0) is 35.7 Å². The third-order valence-electron chi connectivity index (χ3n) is 4.03. The van der Waals surface area contributed by atoms with Gasteiger partial charge in [0.1, 0.15) is 5.82 Å². The van der Waals surface area contributed by atoms with E-state index in [2.05, 4.69) is 25.1 Å². The van der Waals surface area contributed by atoms with Gasteiger partial charge in [0.15, 0.2) is 0 Å². The highest BCUT2D eigenvalue weighted by atomic mass is 32.2. The van der Waals surface area contributed by atoms with Crippen LogP contribution in [0.25, 0.3) is 11.1 Å². The lowest BCUT2D eigenvalue weighted by molar-refractivity contribution is 0.631. The largest absolute Gasteiger partial charge is 0.398 e. The summed E-state index contributed by atoms with van der Waals surface area (Å²) in [5.41, 5.74) is 9.63. The van der Waals surface area contributed by atoms with Crippen LogP contribution in [0.3, 0.4) is 0 Å². The molecule has 0 spiro atoms. The van der Waals surface area contributed by atoms with Crippen molar-refractivity contribution in [2.75, 3.05) is 5.73 Å². The first kappa shape index (κ1) is 16.6. The van der Waals surface area contributed by atoms with Crippen LogP contribution in [0.1, 0.15) is 24.2 Å². The SMILES string of the molecule is CC[C@H](Sc1ccccc1N)c1ccc(-c2ccccc2F)cc1. The quantitative estimate of drug-likeness (QED) is 0.435. The van der Waals surface area contributed by atoms with Crippen LogP contribution in [0.4, 0.5) is 10.1 Å². The third kappa shape index (κ3) is 3.62. The van der Waals surface area contributed by atoms with E-state index in [4.69, 9.17) is 5.73 Å². The van der Waals surface area contributed by atoms with Crippen LogP contribution in [0, 0.1) is 5.82 Å². The number of rotatable bonds is 5. The number of nitrogens with two attached hydrogens (primary N) is 1. The minimum absolute atomic E-state index is 0.191. The van der Waals surface area contributed by atoms with Crippen molar-refractivity contribution in [2.45, 2.75) is 23.5 Å². The number of nitrogen functional groups attached to an aromatic ring is 1. The average Bonchev–Trinajstić information content (AvgIpc) is 2.62. The molecule has 1 atom stereocenters. The normalized spacial score (nSPS) is 12.1. The summed E-state index contributed by atoms with van der Waals surface area (Å²) in [6, 6.07) is 23.0. The van der Waals surface area contributed by atoms with E-state index in [-0.39, 0.29) is 5.82 Å². The molecule has 0 saturated carbocycles. The minimum atomic E-state index is -0.191. The molecule has 0 aliphatic heterocycles. The lowest BCUT2D eigenvalue weighted by atomic mass is 10.0. The molecular formula is C21H20FNS. The van der Waals surface area contributed by atoms with Gasteiger partial charge in [-0.1, -0.05) is 61.5 Å². The molecular weight excluding hydrogens is 317 g/mol. The highest BCUT2D eigenvalue weighted by molar-refractivity contribution is 7.99. The van der Waals surface area contributed by atoms with Gasteiger partial charge in [0.2, 0.25) is 0 Å². The Kier molecular flexibility index (Phi) is 5.21. The Morgan fingerprint density at radius 3 is 2.25 bits per heavy atom. The first-order valence-corrected chi connectivity index (χ1v) is 8.93. The van der Waals surface area contributed by atoms with Crippen molar-refractivity contribution < 1.29 is 4.39 Å². The molecule has 0 aliphatic rings. The molecule has 0 aromatic heterocycles. The van der Waals surface area contributed by atoms with Gasteiger partial charge in [-0.15, -0.1) is 11.8 Å². The summed E-state index contributed by atoms with van der Waals surface area (Å²) in [6.07, 6.45) is 0.998. The zero-order chi connectivity index (χ0) is 16.9. The van der Waals surface area contributed by atoms with E-state index in [1.165, 1.54) is 11.6 Å². The van der Waals surface area contributed by atoms with Crippen molar-refractivity contribution in [1.29, 1.82) is 0 Å². The highest BCUT2D eigenvalue weighted by Crippen LogP contribution is 2.40. The monoisotopic (exact) mass is 337 g/mol. The van der Waals surface area contributed by atoms with Crippen molar-refractivity contribution in [1.82, 2.24) is 0 Å². The Morgan fingerprint density at radius 2 is 1.58 bits per heavy atom. The van der Waals surface area contributed by atoms with Gasteiger partial charge in [-0.25, -0.2) is 4.39 Å². The molecule has 0 aliphatic carbocycles. The summed E-state index contributed by atoms with van der Waals surface area (Å²) < 4.78 is 13.9. The molecule has 0 heterocycles. The maximum atomic E-state index is 13.9. The van der Waals surface area contributed by atoms with E-state index in [1.54, 1.807) is 23.9 Å². The van der Waals surface area contributed by atoms with Gasteiger partial charge < -0.3 is 5.73 Å². The van der Waals surface area contributed by atoms with E-state index in [0.29, 0.717) is 10.8 Å². The second-order valence-electron chi connectivity index (χ2n) is 5.65. The fourth-order valence-electron chi connectivity index (χ4n) is 2.70. The van der Waals surface area contributed by atoms with Crippen LogP contribution >= 0.6 is 11.8 Å². The Hall–Kier alpha value is -2.26. The number of hydrogen-bond acceptors (Lipinski definition) is 2.